The fraction of sp³-hybridized carbons (Fsp3) is 0.562. The van der Waals surface area contributed by atoms with Gasteiger partial charge in [-0.3, -0.25) is 0 Å². The summed E-state index contributed by atoms with van der Waals surface area (Å²) >= 11 is 0. The Hall–Kier alpha value is -1.35. The molecule has 2 heterocycles. The normalized spacial score (nSPS) is 19.7. The van der Waals surface area contributed by atoms with Gasteiger partial charge in [0.05, 0.1) is 11.0 Å². The van der Waals surface area contributed by atoms with Crippen LogP contribution in [-0.2, 0) is 13.5 Å². The number of rotatable bonds is 3. The van der Waals surface area contributed by atoms with Crippen LogP contribution in [0.2, 0.25) is 0 Å². The Balaban J connectivity index is 1.93. The van der Waals surface area contributed by atoms with E-state index in [2.05, 4.69) is 49.0 Å². The van der Waals surface area contributed by atoms with E-state index >= 15 is 0 Å². The van der Waals surface area contributed by atoms with Crippen molar-refractivity contribution >= 4 is 11.0 Å². The number of nitrogens with one attached hydrogen (secondary N) is 1. The van der Waals surface area contributed by atoms with E-state index in [0.29, 0.717) is 5.92 Å². The summed E-state index contributed by atoms with van der Waals surface area (Å²) in [6.07, 6.45) is 2.49. The number of hydrogen-bond acceptors (Lipinski definition) is 2. The van der Waals surface area contributed by atoms with Crippen molar-refractivity contribution in [2.24, 2.45) is 13.0 Å². The van der Waals surface area contributed by atoms with Crippen molar-refractivity contribution < 1.29 is 0 Å². The minimum absolute atomic E-state index is 0.472. The molecule has 0 amide bonds. The van der Waals surface area contributed by atoms with Crippen LogP contribution in [0.25, 0.3) is 11.0 Å². The summed E-state index contributed by atoms with van der Waals surface area (Å²) in [5, 5.41) is 3.44. The fourth-order valence-electron chi connectivity index (χ4n) is 3.12. The topological polar surface area (TPSA) is 29.9 Å². The van der Waals surface area contributed by atoms with Crippen molar-refractivity contribution in [3.05, 3.63) is 29.6 Å². The van der Waals surface area contributed by atoms with Gasteiger partial charge in [-0.1, -0.05) is 19.9 Å². The van der Waals surface area contributed by atoms with Crippen LogP contribution in [0.3, 0.4) is 0 Å². The molecule has 102 valence electrons. The van der Waals surface area contributed by atoms with E-state index in [1.54, 1.807) is 0 Å². The van der Waals surface area contributed by atoms with E-state index in [1.807, 2.05) is 0 Å². The van der Waals surface area contributed by atoms with Crippen molar-refractivity contribution in [1.82, 2.24) is 14.9 Å². The van der Waals surface area contributed by atoms with Crippen molar-refractivity contribution in [3.8, 4) is 0 Å². The average Bonchev–Trinajstić information content (AvgIpc) is 2.98. The van der Waals surface area contributed by atoms with Crippen LogP contribution in [0.1, 0.15) is 37.6 Å². The molecule has 0 spiro atoms. The van der Waals surface area contributed by atoms with Crippen molar-refractivity contribution in [2.45, 2.75) is 32.6 Å². The Morgan fingerprint density at radius 1 is 1.42 bits per heavy atom. The highest BCUT2D eigenvalue weighted by molar-refractivity contribution is 5.77. The second kappa shape index (κ2) is 4.97. The van der Waals surface area contributed by atoms with Gasteiger partial charge >= 0.3 is 0 Å². The summed E-state index contributed by atoms with van der Waals surface area (Å²) in [6, 6.07) is 6.75. The highest BCUT2D eigenvalue weighted by Crippen LogP contribution is 2.23. The molecule has 0 aliphatic carbocycles. The first-order valence-corrected chi connectivity index (χ1v) is 7.31. The van der Waals surface area contributed by atoms with Gasteiger partial charge in [0.1, 0.15) is 5.82 Å². The zero-order valence-electron chi connectivity index (χ0n) is 12.1. The predicted molar refractivity (Wildman–Crippen MR) is 79.5 cm³/mol. The van der Waals surface area contributed by atoms with E-state index < -0.39 is 0 Å². The average molecular weight is 257 g/mol. The Bertz CT molecular complexity index is 577. The van der Waals surface area contributed by atoms with Gasteiger partial charge in [0.15, 0.2) is 0 Å². The highest BCUT2D eigenvalue weighted by atomic mass is 15.1. The molecule has 1 N–H and O–H groups in total. The Morgan fingerprint density at radius 2 is 2.26 bits per heavy atom. The maximum absolute atomic E-state index is 4.74. The third-order valence-corrected chi connectivity index (χ3v) is 4.18. The van der Waals surface area contributed by atoms with E-state index in [4.69, 9.17) is 4.98 Å². The maximum Gasteiger partial charge on any atom is 0.112 e. The van der Waals surface area contributed by atoms with E-state index in [9.17, 15) is 0 Å². The summed E-state index contributed by atoms with van der Waals surface area (Å²) in [4.78, 5) is 4.74. The summed E-state index contributed by atoms with van der Waals surface area (Å²) in [7, 11) is 2.13. The quantitative estimate of drug-likeness (QED) is 0.916. The molecular weight excluding hydrogens is 234 g/mol. The van der Waals surface area contributed by atoms with Gasteiger partial charge in [-0.15, -0.1) is 0 Å². The summed E-state index contributed by atoms with van der Waals surface area (Å²) in [5.74, 6) is 2.45. The van der Waals surface area contributed by atoms with Gasteiger partial charge in [-0.05, 0) is 49.5 Å². The smallest absolute Gasteiger partial charge is 0.112 e. The maximum atomic E-state index is 4.74. The largest absolute Gasteiger partial charge is 0.331 e. The number of hydrogen-bond donors (Lipinski definition) is 1. The monoisotopic (exact) mass is 257 g/mol. The minimum Gasteiger partial charge on any atom is -0.331 e. The summed E-state index contributed by atoms with van der Waals surface area (Å²) in [6.45, 7) is 6.75. The van der Waals surface area contributed by atoms with E-state index in [1.165, 1.54) is 42.8 Å². The molecule has 3 rings (SSSR count). The molecule has 19 heavy (non-hydrogen) atoms. The molecule has 3 heteroatoms. The molecule has 1 saturated heterocycles. The zero-order valence-corrected chi connectivity index (χ0v) is 12.1. The van der Waals surface area contributed by atoms with Gasteiger partial charge in [0.25, 0.3) is 0 Å². The molecule has 1 fully saturated rings. The van der Waals surface area contributed by atoms with Crippen molar-refractivity contribution in [2.75, 3.05) is 13.1 Å². The standard InChI is InChI=1S/C16H23N3/c1-11(2)16-18-14-5-4-12(9-15(14)19(16)3)8-13-6-7-17-10-13/h4-5,9,11,13,17H,6-8,10H2,1-3H3. The summed E-state index contributed by atoms with van der Waals surface area (Å²) in [5.41, 5.74) is 3.84. The van der Waals surface area contributed by atoms with Crippen LogP contribution in [0.15, 0.2) is 18.2 Å². The molecule has 1 aliphatic heterocycles. The van der Waals surface area contributed by atoms with E-state index in [0.717, 1.165) is 11.4 Å². The van der Waals surface area contributed by atoms with Gasteiger partial charge in [-0.25, -0.2) is 4.98 Å². The Morgan fingerprint density at radius 3 is 2.95 bits per heavy atom. The molecule has 2 aromatic rings. The first-order chi connectivity index (χ1) is 9.15. The minimum atomic E-state index is 0.472. The van der Waals surface area contributed by atoms with Gasteiger partial charge < -0.3 is 9.88 Å². The predicted octanol–water partition coefficient (Wildman–Crippen LogP) is 2.85. The second-order valence-corrected chi connectivity index (χ2v) is 6.07. The number of fused-ring (bicyclic) bond motifs is 1. The molecule has 1 unspecified atom stereocenters. The molecule has 0 bridgehead atoms. The SMILES string of the molecule is CC(C)c1nc2ccc(CC3CCNC3)cc2n1C. The number of aryl methyl sites for hydroxylation is 1. The van der Waals surface area contributed by atoms with E-state index in [-0.39, 0.29) is 0 Å². The van der Waals surface area contributed by atoms with Crippen molar-refractivity contribution in [3.63, 3.8) is 0 Å². The number of aromatic nitrogens is 2. The van der Waals surface area contributed by atoms with Crippen LogP contribution in [0.4, 0.5) is 0 Å². The first-order valence-electron chi connectivity index (χ1n) is 7.31. The highest BCUT2D eigenvalue weighted by Gasteiger charge is 2.16. The lowest BCUT2D eigenvalue weighted by atomic mass is 9.98. The third kappa shape index (κ3) is 2.39. The van der Waals surface area contributed by atoms with Crippen LogP contribution in [0.5, 0.6) is 0 Å². The zero-order chi connectivity index (χ0) is 13.4. The molecule has 3 nitrogen and oxygen atoms in total. The molecule has 0 radical (unpaired) electrons. The van der Waals surface area contributed by atoms with Crippen LogP contribution in [-0.4, -0.2) is 22.6 Å². The second-order valence-electron chi connectivity index (χ2n) is 6.07. The van der Waals surface area contributed by atoms with Gasteiger partial charge in [0, 0.05) is 13.0 Å². The fourth-order valence-corrected chi connectivity index (χ4v) is 3.12. The van der Waals surface area contributed by atoms with Crippen LogP contribution in [0, 0.1) is 5.92 Å². The molecular formula is C16H23N3. The number of nitrogens with zero attached hydrogens (tertiary/aromatic N) is 2. The van der Waals surface area contributed by atoms with Gasteiger partial charge in [0.2, 0.25) is 0 Å². The summed E-state index contributed by atoms with van der Waals surface area (Å²) < 4.78 is 2.25. The first kappa shape index (κ1) is 12.7. The Kier molecular flexibility index (Phi) is 3.31. The van der Waals surface area contributed by atoms with Crippen LogP contribution < -0.4 is 5.32 Å². The lowest BCUT2D eigenvalue weighted by molar-refractivity contribution is 0.580. The molecule has 1 aromatic heterocycles. The number of benzene rings is 1. The van der Waals surface area contributed by atoms with Gasteiger partial charge in [-0.2, -0.15) is 0 Å². The molecule has 0 saturated carbocycles. The molecule has 1 aromatic carbocycles. The molecule has 1 atom stereocenters. The lowest BCUT2D eigenvalue weighted by Gasteiger charge is -2.09. The lowest BCUT2D eigenvalue weighted by Crippen LogP contribution is -2.10. The van der Waals surface area contributed by atoms with Crippen molar-refractivity contribution in [1.29, 1.82) is 0 Å². The Labute approximate surface area is 115 Å². The third-order valence-electron chi connectivity index (χ3n) is 4.18. The number of imidazole rings is 1. The van der Waals surface area contributed by atoms with Crippen LogP contribution >= 0.6 is 0 Å². The molecule has 1 aliphatic rings.